The Morgan fingerprint density at radius 3 is 2.53 bits per heavy atom. The van der Waals surface area contributed by atoms with Crippen LogP contribution in [0.15, 0.2) is 24.3 Å². The van der Waals surface area contributed by atoms with Gasteiger partial charge in [-0.2, -0.15) is 0 Å². The molecule has 0 unspecified atom stereocenters. The van der Waals surface area contributed by atoms with Crippen LogP contribution in [0, 0.1) is 0 Å². The Kier molecular flexibility index (Phi) is 6.81. The molecule has 0 bridgehead atoms. The molecule has 15 heavy (non-hydrogen) atoms. The number of unbranched alkanes of at least 4 members (excludes halogenated alkanes) is 4. The lowest BCUT2D eigenvalue weighted by Crippen LogP contribution is -1.89. The Labute approximate surface area is 107 Å². The second-order valence-electron chi connectivity index (χ2n) is 3.85. The average molecular weight is 318 g/mol. The number of rotatable bonds is 7. The molecule has 0 heterocycles. The topological polar surface area (TPSA) is 9.23 Å². The highest BCUT2D eigenvalue weighted by Crippen LogP contribution is 2.22. The summed E-state index contributed by atoms with van der Waals surface area (Å²) in [6.45, 7) is 2.25. The third-order valence-corrected chi connectivity index (χ3v) is 3.08. The summed E-state index contributed by atoms with van der Waals surface area (Å²) in [4.78, 5) is 0. The normalized spacial score (nSPS) is 10.3. The monoisotopic (exact) mass is 318 g/mol. The molecular weight excluding hydrogens is 299 g/mol. The third-order valence-electron chi connectivity index (χ3n) is 2.61. The maximum Gasteiger partial charge on any atom is 0.192 e. The fourth-order valence-corrected chi connectivity index (χ4v) is 2.13. The summed E-state index contributed by atoms with van der Waals surface area (Å²) in [6.07, 6.45) is 7.80. The quantitative estimate of drug-likeness (QED) is 0.512. The lowest BCUT2D eigenvalue weighted by molar-refractivity contribution is 0.623. The van der Waals surface area contributed by atoms with E-state index in [1.54, 1.807) is 0 Å². The van der Waals surface area contributed by atoms with Crippen LogP contribution in [0.4, 0.5) is 0 Å². The van der Waals surface area contributed by atoms with E-state index in [0.29, 0.717) is 0 Å². The molecule has 1 nitrogen and oxygen atoms in total. The summed E-state index contributed by atoms with van der Waals surface area (Å²) < 4.78 is 5.29. The number of halogens is 1. The van der Waals surface area contributed by atoms with Crippen LogP contribution in [0.25, 0.3) is 0 Å². The van der Waals surface area contributed by atoms with Gasteiger partial charge in [-0.1, -0.05) is 50.8 Å². The van der Waals surface area contributed by atoms with Crippen molar-refractivity contribution in [1.29, 1.82) is 0 Å². The Bertz CT molecular complexity index is 273. The minimum absolute atomic E-state index is 1.02. The van der Waals surface area contributed by atoms with Crippen LogP contribution in [-0.2, 0) is 6.42 Å². The molecule has 84 valence electrons. The van der Waals surface area contributed by atoms with Gasteiger partial charge >= 0.3 is 0 Å². The molecule has 0 fully saturated rings. The fourth-order valence-electron chi connectivity index (χ4n) is 1.70. The predicted octanol–water partition coefficient (Wildman–Crippen LogP) is 4.93. The van der Waals surface area contributed by atoms with Crippen LogP contribution in [-0.4, -0.2) is 0 Å². The SMILES string of the molecule is CCCCCCCc1ccccc1OI. The van der Waals surface area contributed by atoms with E-state index in [0.717, 1.165) is 12.2 Å². The van der Waals surface area contributed by atoms with Gasteiger partial charge in [-0.3, -0.25) is 0 Å². The molecule has 0 aliphatic heterocycles. The highest BCUT2D eigenvalue weighted by Gasteiger charge is 2.01. The second kappa shape index (κ2) is 7.97. The van der Waals surface area contributed by atoms with Crippen LogP contribution in [0.2, 0.25) is 0 Å². The minimum Gasteiger partial charge on any atom is -0.427 e. The van der Waals surface area contributed by atoms with Crippen molar-refractivity contribution in [1.82, 2.24) is 0 Å². The Morgan fingerprint density at radius 1 is 1.07 bits per heavy atom. The van der Waals surface area contributed by atoms with Crippen molar-refractivity contribution in [2.24, 2.45) is 0 Å². The molecule has 0 aromatic heterocycles. The van der Waals surface area contributed by atoms with E-state index >= 15 is 0 Å². The first-order valence-electron chi connectivity index (χ1n) is 5.75. The second-order valence-corrected chi connectivity index (χ2v) is 4.29. The number of aryl methyl sites for hydroxylation is 1. The molecule has 0 amide bonds. The maximum absolute atomic E-state index is 5.29. The van der Waals surface area contributed by atoms with E-state index in [9.17, 15) is 0 Å². The first-order chi connectivity index (χ1) is 7.38. The van der Waals surface area contributed by atoms with E-state index in [1.165, 1.54) is 37.7 Å². The molecule has 0 radical (unpaired) electrons. The minimum atomic E-state index is 1.02. The summed E-state index contributed by atoms with van der Waals surface area (Å²) in [7, 11) is 0. The van der Waals surface area contributed by atoms with Crippen LogP contribution < -0.4 is 3.07 Å². The number of para-hydroxylation sites is 1. The van der Waals surface area contributed by atoms with Crippen LogP contribution >= 0.6 is 23.0 Å². The Morgan fingerprint density at radius 2 is 1.80 bits per heavy atom. The van der Waals surface area contributed by atoms with Crippen molar-refractivity contribution in [2.45, 2.75) is 45.4 Å². The molecule has 0 atom stereocenters. The highest BCUT2D eigenvalue weighted by atomic mass is 127. The van der Waals surface area contributed by atoms with Crippen LogP contribution in [0.5, 0.6) is 5.75 Å². The largest absolute Gasteiger partial charge is 0.427 e. The Balaban J connectivity index is 2.30. The van der Waals surface area contributed by atoms with Crippen molar-refractivity contribution in [3.8, 4) is 5.75 Å². The summed E-state index contributed by atoms with van der Waals surface area (Å²) in [5, 5.41) is 0. The Hall–Kier alpha value is -0.250. The predicted molar refractivity (Wildman–Crippen MR) is 73.6 cm³/mol. The molecule has 0 saturated heterocycles. The van der Waals surface area contributed by atoms with Crippen LogP contribution in [0.3, 0.4) is 0 Å². The van der Waals surface area contributed by atoms with E-state index in [2.05, 4.69) is 19.1 Å². The van der Waals surface area contributed by atoms with Gasteiger partial charge in [-0.15, -0.1) is 0 Å². The molecule has 0 saturated carbocycles. The third kappa shape index (κ3) is 4.87. The van der Waals surface area contributed by atoms with Gasteiger partial charge in [0.1, 0.15) is 5.75 Å². The lowest BCUT2D eigenvalue weighted by atomic mass is 10.0. The molecular formula is C13H19IO. The van der Waals surface area contributed by atoms with Gasteiger partial charge in [0.2, 0.25) is 0 Å². The zero-order valence-corrected chi connectivity index (χ0v) is 11.5. The molecule has 1 aromatic carbocycles. The van der Waals surface area contributed by atoms with E-state index in [4.69, 9.17) is 3.07 Å². The van der Waals surface area contributed by atoms with Gasteiger partial charge in [0, 0.05) is 0 Å². The van der Waals surface area contributed by atoms with E-state index in [-0.39, 0.29) is 0 Å². The van der Waals surface area contributed by atoms with Crippen molar-refractivity contribution in [3.05, 3.63) is 29.8 Å². The molecule has 1 aromatic rings. The van der Waals surface area contributed by atoms with Crippen molar-refractivity contribution >= 4 is 23.0 Å². The zero-order valence-electron chi connectivity index (χ0n) is 9.34. The molecule has 2 heteroatoms. The molecule has 1 rings (SSSR count). The summed E-state index contributed by atoms with van der Waals surface area (Å²) >= 11 is 1.95. The first kappa shape index (κ1) is 12.8. The number of hydrogen-bond acceptors (Lipinski definition) is 1. The van der Waals surface area contributed by atoms with E-state index < -0.39 is 0 Å². The lowest BCUT2D eigenvalue weighted by Gasteiger charge is -2.06. The molecule has 0 aliphatic rings. The van der Waals surface area contributed by atoms with Gasteiger partial charge in [0.05, 0.1) is 0 Å². The van der Waals surface area contributed by atoms with Crippen molar-refractivity contribution in [3.63, 3.8) is 0 Å². The average Bonchev–Trinajstić information content (AvgIpc) is 2.29. The highest BCUT2D eigenvalue weighted by molar-refractivity contribution is 14.1. The smallest absolute Gasteiger partial charge is 0.192 e. The van der Waals surface area contributed by atoms with Crippen molar-refractivity contribution in [2.75, 3.05) is 0 Å². The zero-order chi connectivity index (χ0) is 10.9. The fraction of sp³-hybridized carbons (Fsp3) is 0.538. The van der Waals surface area contributed by atoms with Gasteiger partial charge in [0.25, 0.3) is 0 Å². The molecule has 0 aliphatic carbocycles. The van der Waals surface area contributed by atoms with Gasteiger partial charge in [-0.25, -0.2) is 0 Å². The van der Waals surface area contributed by atoms with Gasteiger partial charge in [0.15, 0.2) is 23.0 Å². The van der Waals surface area contributed by atoms with Gasteiger partial charge < -0.3 is 3.07 Å². The van der Waals surface area contributed by atoms with Crippen molar-refractivity contribution < 1.29 is 3.07 Å². The molecule has 0 N–H and O–H groups in total. The first-order valence-corrected chi connectivity index (χ1v) is 6.63. The molecule has 0 spiro atoms. The standard InChI is InChI=1S/C13H19IO/c1-2-3-4-5-6-9-12-10-7-8-11-13(12)15-14/h7-8,10-11H,2-6,9H2,1H3. The number of hydrogen-bond donors (Lipinski definition) is 0. The van der Waals surface area contributed by atoms with Crippen LogP contribution in [0.1, 0.15) is 44.6 Å². The van der Waals surface area contributed by atoms with E-state index in [1.807, 2.05) is 35.1 Å². The summed E-state index contributed by atoms with van der Waals surface area (Å²) in [5.74, 6) is 1.02. The summed E-state index contributed by atoms with van der Waals surface area (Å²) in [6, 6.07) is 8.30. The van der Waals surface area contributed by atoms with Gasteiger partial charge in [-0.05, 0) is 24.5 Å². The number of benzene rings is 1. The summed E-state index contributed by atoms with van der Waals surface area (Å²) in [5.41, 5.74) is 1.34. The maximum atomic E-state index is 5.29.